The number of hydrogen-bond acceptors (Lipinski definition) is 2. The molecule has 1 aromatic rings. The number of phenolic OH excluding ortho intramolecular Hbond substituents is 1. The molecule has 0 saturated heterocycles. The second kappa shape index (κ2) is 5.48. The van der Waals surface area contributed by atoms with Crippen LogP contribution in [0.15, 0.2) is 12.1 Å². The van der Waals surface area contributed by atoms with Crippen LogP contribution >= 0.6 is 0 Å². The molecule has 0 atom stereocenters. The molecular formula is C17H22O2. The topological polar surface area (TPSA) is 37.3 Å². The van der Waals surface area contributed by atoms with Gasteiger partial charge in [0.05, 0.1) is 6.42 Å². The zero-order chi connectivity index (χ0) is 14.8. The number of Topliss-reactive ketones (excluding diaryl/α,β-unsaturated/α-hetero) is 1. The van der Waals surface area contributed by atoms with E-state index in [1.54, 1.807) is 12.1 Å². The number of carbonyl (C=O) groups is 1. The first-order valence-corrected chi connectivity index (χ1v) is 6.52. The first-order valence-electron chi connectivity index (χ1n) is 6.52. The monoisotopic (exact) mass is 258 g/mol. The largest absolute Gasteiger partial charge is 0.507 e. The lowest BCUT2D eigenvalue weighted by Crippen LogP contribution is -2.14. The highest BCUT2D eigenvalue weighted by atomic mass is 16.3. The van der Waals surface area contributed by atoms with Gasteiger partial charge in [0.25, 0.3) is 0 Å². The second-order valence-electron chi connectivity index (χ2n) is 6.17. The van der Waals surface area contributed by atoms with E-state index in [0.29, 0.717) is 11.3 Å². The third-order valence-electron chi connectivity index (χ3n) is 3.15. The molecule has 0 aromatic heterocycles. The lowest BCUT2D eigenvalue weighted by molar-refractivity contribution is 0.0998. The number of hydrogen-bond donors (Lipinski definition) is 1. The van der Waals surface area contributed by atoms with Crippen molar-refractivity contribution in [3.8, 4) is 18.1 Å². The third kappa shape index (κ3) is 3.38. The van der Waals surface area contributed by atoms with Crippen LogP contribution < -0.4 is 0 Å². The first-order chi connectivity index (χ1) is 8.68. The highest BCUT2D eigenvalue weighted by Crippen LogP contribution is 2.37. The minimum atomic E-state index is -0.222. The summed E-state index contributed by atoms with van der Waals surface area (Å²) in [5, 5.41) is 10.4. The Balaban J connectivity index is 3.49. The number of carbonyl (C=O) groups excluding carboxylic acids is 1. The average molecular weight is 258 g/mol. The van der Waals surface area contributed by atoms with E-state index >= 15 is 0 Å². The van der Waals surface area contributed by atoms with Crippen LogP contribution in [0.5, 0.6) is 5.75 Å². The zero-order valence-corrected chi connectivity index (χ0v) is 12.4. The molecule has 2 heteroatoms. The molecule has 0 aliphatic heterocycles. The summed E-state index contributed by atoms with van der Waals surface area (Å²) < 4.78 is 0. The summed E-state index contributed by atoms with van der Waals surface area (Å²) in [4.78, 5) is 12.0. The number of aromatic hydroxyl groups is 1. The summed E-state index contributed by atoms with van der Waals surface area (Å²) >= 11 is 0. The van der Waals surface area contributed by atoms with Gasteiger partial charge in [-0.1, -0.05) is 40.5 Å². The Morgan fingerprint density at radius 1 is 1.37 bits per heavy atom. The summed E-state index contributed by atoms with van der Waals surface area (Å²) in [6.07, 6.45) is 5.29. The Morgan fingerprint density at radius 2 is 1.95 bits per heavy atom. The quantitative estimate of drug-likeness (QED) is 0.656. The minimum absolute atomic E-state index is 0.0742. The minimum Gasteiger partial charge on any atom is -0.507 e. The van der Waals surface area contributed by atoms with Crippen molar-refractivity contribution in [2.45, 2.75) is 52.4 Å². The van der Waals surface area contributed by atoms with Crippen molar-refractivity contribution in [1.82, 2.24) is 0 Å². The fraction of sp³-hybridized carbons (Fsp3) is 0.471. The number of rotatable bonds is 3. The lowest BCUT2D eigenvalue weighted by atomic mass is 9.82. The summed E-state index contributed by atoms with van der Waals surface area (Å²) in [6.45, 7) is 10.0. The number of ketones is 1. The van der Waals surface area contributed by atoms with Gasteiger partial charge in [-0.3, -0.25) is 4.79 Å². The molecule has 0 saturated carbocycles. The Kier molecular flexibility index (Phi) is 4.42. The highest BCUT2D eigenvalue weighted by Gasteiger charge is 2.23. The van der Waals surface area contributed by atoms with Gasteiger partial charge in [0.2, 0.25) is 0 Å². The molecule has 0 spiro atoms. The molecule has 19 heavy (non-hydrogen) atoms. The number of terminal acetylenes is 1. The van der Waals surface area contributed by atoms with Crippen LogP contribution in [-0.4, -0.2) is 10.9 Å². The summed E-state index contributed by atoms with van der Waals surface area (Å²) in [5.41, 5.74) is 1.96. The SMILES string of the molecule is C#CCC(=O)c1cc(C(C)C)c(O)c(C(C)(C)C)c1. The zero-order valence-electron chi connectivity index (χ0n) is 12.4. The van der Waals surface area contributed by atoms with Crippen molar-refractivity contribution in [1.29, 1.82) is 0 Å². The molecule has 0 radical (unpaired) electrons. The van der Waals surface area contributed by atoms with Gasteiger partial charge in [0.1, 0.15) is 5.75 Å². The Bertz CT molecular complexity index is 525. The van der Waals surface area contributed by atoms with Crippen molar-refractivity contribution >= 4 is 5.78 Å². The van der Waals surface area contributed by atoms with Crippen LogP contribution in [0.1, 0.15) is 68.4 Å². The predicted molar refractivity (Wildman–Crippen MR) is 78.7 cm³/mol. The summed E-state index contributed by atoms with van der Waals surface area (Å²) in [7, 11) is 0. The van der Waals surface area contributed by atoms with Gasteiger partial charge >= 0.3 is 0 Å². The average Bonchev–Trinajstić information content (AvgIpc) is 2.27. The maximum Gasteiger partial charge on any atom is 0.174 e. The van der Waals surface area contributed by atoms with E-state index < -0.39 is 0 Å². The molecule has 1 rings (SSSR count). The Labute approximate surface area is 115 Å². The Hall–Kier alpha value is -1.75. The van der Waals surface area contributed by atoms with Gasteiger partial charge in [-0.05, 0) is 29.0 Å². The van der Waals surface area contributed by atoms with E-state index in [-0.39, 0.29) is 23.5 Å². The van der Waals surface area contributed by atoms with E-state index in [2.05, 4.69) is 5.92 Å². The maximum absolute atomic E-state index is 12.0. The fourth-order valence-corrected chi connectivity index (χ4v) is 2.02. The lowest BCUT2D eigenvalue weighted by Gasteiger charge is -2.24. The van der Waals surface area contributed by atoms with Gasteiger partial charge < -0.3 is 5.11 Å². The van der Waals surface area contributed by atoms with Gasteiger partial charge in [-0.25, -0.2) is 0 Å². The predicted octanol–water partition coefficient (Wildman–Crippen LogP) is 4.02. The molecule has 0 amide bonds. The van der Waals surface area contributed by atoms with E-state index in [9.17, 15) is 9.90 Å². The van der Waals surface area contributed by atoms with E-state index in [4.69, 9.17) is 6.42 Å². The Morgan fingerprint density at radius 3 is 2.37 bits per heavy atom. The fourth-order valence-electron chi connectivity index (χ4n) is 2.02. The second-order valence-corrected chi connectivity index (χ2v) is 6.17. The molecule has 0 aliphatic carbocycles. The van der Waals surface area contributed by atoms with Crippen LogP contribution in [0.2, 0.25) is 0 Å². The van der Waals surface area contributed by atoms with E-state index in [1.165, 1.54) is 0 Å². The molecule has 0 aliphatic rings. The smallest absolute Gasteiger partial charge is 0.174 e. The normalized spacial score (nSPS) is 11.4. The molecule has 0 fully saturated rings. The molecular weight excluding hydrogens is 236 g/mol. The van der Waals surface area contributed by atoms with Gasteiger partial charge in [0.15, 0.2) is 5.78 Å². The van der Waals surface area contributed by atoms with Crippen molar-refractivity contribution in [2.75, 3.05) is 0 Å². The van der Waals surface area contributed by atoms with Gasteiger partial charge in [0, 0.05) is 11.1 Å². The van der Waals surface area contributed by atoms with Gasteiger partial charge in [-0.2, -0.15) is 0 Å². The maximum atomic E-state index is 12.0. The number of phenols is 1. The molecule has 102 valence electrons. The van der Waals surface area contributed by atoms with Crippen molar-refractivity contribution in [3.05, 3.63) is 28.8 Å². The number of benzene rings is 1. The van der Waals surface area contributed by atoms with Crippen LogP contribution in [0, 0.1) is 12.3 Å². The van der Waals surface area contributed by atoms with Crippen molar-refractivity contribution < 1.29 is 9.90 Å². The van der Waals surface area contributed by atoms with Crippen LogP contribution in [0.3, 0.4) is 0 Å². The standard InChI is InChI=1S/C17H22O2/c1-7-8-15(18)12-9-13(11(2)3)16(19)14(10-12)17(4,5)6/h1,9-11,19H,8H2,2-6H3. The van der Waals surface area contributed by atoms with Crippen LogP contribution in [0.25, 0.3) is 0 Å². The van der Waals surface area contributed by atoms with Gasteiger partial charge in [-0.15, -0.1) is 6.42 Å². The first kappa shape index (κ1) is 15.3. The molecule has 2 nitrogen and oxygen atoms in total. The van der Waals surface area contributed by atoms with Crippen LogP contribution in [-0.2, 0) is 5.41 Å². The highest BCUT2D eigenvalue weighted by molar-refractivity contribution is 5.98. The molecule has 0 bridgehead atoms. The summed E-state index contributed by atoms with van der Waals surface area (Å²) in [6, 6.07) is 3.52. The molecule has 1 aromatic carbocycles. The third-order valence-corrected chi connectivity index (χ3v) is 3.15. The molecule has 0 heterocycles. The van der Waals surface area contributed by atoms with Crippen LogP contribution in [0.4, 0.5) is 0 Å². The molecule has 0 unspecified atom stereocenters. The van der Waals surface area contributed by atoms with E-state index in [0.717, 1.165) is 11.1 Å². The van der Waals surface area contributed by atoms with Crippen molar-refractivity contribution in [2.24, 2.45) is 0 Å². The summed E-state index contributed by atoms with van der Waals surface area (Å²) in [5.74, 6) is 2.75. The van der Waals surface area contributed by atoms with E-state index in [1.807, 2.05) is 34.6 Å². The van der Waals surface area contributed by atoms with Crippen molar-refractivity contribution in [3.63, 3.8) is 0 Å². The molecule has 1 N–H and O–H groups in total.